The number of fused-ring (bicyclic) bond motifs is 4. The van der Waals surface area contributed by atoms with Crippen LogP contribution in [0.2, 0.25) is 0 Å². The standard InChI is InChI=1S/C51H46O4P2/c1-3-5-18-35-31-34(4-2)40-32-46-52-42-27-29-44(56(36-19-10-6-11-20-36)37-21-12-7-13-22-37)48(50(42)54-46)49-45(30-28-43-51(49)55-47(53-43)33-41(35)40)57(38-23-14-8-15-24-38)39-25-16-9-17-26-39/h4-30,34-35,40-41,46-47H,2-3,31-33H2,1H3/b18-5+/t34-,35?,40?,41?,46?,47?/m1/s1. The fraction of sp³-hybridized carbons (Fsp3) is 0.216. The van der Waals surface area contributed by atoms with Gasteiger partial charge in [-0.05, 0) is 108 Å². The van der Waals surface area contributed by atoms with Gasteiger partial charge in [0, 0.05) is 24.0 Å². The molecule has 4 bridgehead atoms. The molecule has 3 heterocycles. The first-order valence-electron chi connectivity index (χ1n) is 20.3. The van der Waals surface area contributed by atoms with E-state index in [4.69, 9.17) is 18.9 Å². The molecule has 0 radical (unpaired) electrons. The summed E-state index contributed by atoms with van der Waals surface area (Å²) >= 11 is 0. The molecule has 6 aromatic carbocycles. The number of hydrogen-bond acceptors (Lipinski definition) is 4. The normalized spacial score (nSPS) is 22.9. The average molecular weight is 785 g/mol. The summed E-state index contributed by atoms with van der Waals surface area (Å²) in [7, 11) is -2.08. The van der Waals surface area contributed by atoms with Crippen LogP contribution in [-0.4, -0.2) is 12.6 Å². The molecule has 4 aliphatic rings. The van der Waals surface area contributed by atoms with Crippen molar-refractivity contribution in [2.45, 2.75) is 45.2 Å². The first kappa shape index (κ1) is 36.2. The van der Waals surface area contributed by atoms with Crippen molar-refractivity contribution in [2.75, 3.05) is 0 Å². The van der Waals surface area contributed by atoms with Gasteiger partial charge in [-0.1, -0.05) is 146 Å². The minimum absolute atomic E-state index is 0.302. The van der Waals surface area contributed by atoms with Crippen molar-refractivity contribution in [3.8, 4) is 34.1 Å². The second-order valence-corrected chi connectivity index (χ2v) is 19.7. The molecular formula is C51H46O4P2. The van der Waals surface area contributed by atoms with Gasteiger partial charge in [0.25, 0.3) is 0 Å². The maximum absolute atomic E-state index is 7.26. The van der Waals surface area contributed by atoms with E-state index in [0.717, 1.165) is 59.8 Å². The number of rotatable bonds is 9. The summed E-state index contributed by atoms with van der Waals surface area (Å²) in [5, 5.41) is 7.47. The van der Waals surface area contributed by atoms with E-state index in [-0.39, 0.29) is 0 Å². The molecule has 0 aromatic heterocycles. The Balaban J connectivity index is 1.25. The lowest BCUT2D eigenvalue weighted by Crippen LogP contribution is -2.32. The summed E-state index contributed by atoms with van der Waals surface area (Å²) in [6.07, 6.45) is 9.67. The molecule has 0 spiro atoms. The lowest BCUT2D eigenvalue weighted by molar-refractivity contribution is -0.00847. The predicted molar refractivity (Wildman–Crippen MR) is 237 cm³/mol. The lowest BCUT2D eigenvalue weighted by Gasteiger charge is -2.29. The Bertz CT molecular complexity index is 2320. The van der Waals surface area contributed by atoms with Gasteiger partial charge < -0.3 is 18.9 Å². The molecule has 0 N–H and O–H groups in total. The molecule has 3 aliphatic heterocycles. The van der Waals surface area contributed by atoms with E-state index >= 15 is 0 Å². The van der Waals surface area contributed by atoms with Gasteiger partial charge in [-0.15, -0.1) is 6.58 Å². The zero-order valence-electron chi connectivity index (χ0n) is 32.1. The molecule has 1 saturated carbocycles. The predicted octanol–water partition coefficient (Wildman–Crippen LogP) is 9.88. The lowest BCUT2D eigenvalue weighted by atomic mass is 9.81. The second kappa shape index (κ2) is 15.7. The van der Waals surface area contributed by atoms with Crippen molar-refractivity contribution >= 4 is 47.7 Å². The minimum atomic E-state index is -1.04. The van der Waals surface area contributed by atoms with E-state index in [0.29, 0.717) is 23.7 Å². The van der Waals surface area contributed by atoms with Gasteiger partial charge >= 0.3 is 0 Å². The van der Waals surface area contributed by atoms with Gasteiger partial charge in [0.05, 0.1) is 0 Å². The SMILES string of the molecule is C=C[C@@H]1CC(/C=C/CC)C2CC3Oc4ccc(P(c5ccccc5)c5ccccc5)c(c4O3)-c3c(P(c4ccccc4)c4ccccc4)ccc4c3OC(CC21)O4. The third-order valence-corrected chi connectivity index (χ3v) is 17.0. The highest BCUT2D eigenvalue weighted by Gasteiger charge is 2.48. The van der Waals surface area contributed by atoms with Crippen LogP contribution in [0.5, 0.6) is 23.0 Å². The Hall–Kier alpha value is -5.14. The van der Waals surface area contributed by atoms with Crippen LogP contribution in [0.15, 0.2) is 170 Å². The van der Waals surface area contributed by atoms with Gasteiger partial charge in [0.15, 0.2) is 23.0 Å². The van der Waals surface area contributed by atoms with E-state index in [1.807, 2.05) is 0 Å². The Morgan fingerprint density at radius 2 is 0.912 bits per heavy atom. The fourth-order valence-electron chi connectivity index (χ4n) is 9.58. The Morgan fingerprint density at radius 3 is 1.30 bits per heavy atom. The van der Waals surface area contributed by atoms with E-state index in [1.165, 1.54) is 31.8 Å². The van der Waals surface area contributed by atoms with Crippen LogP contribution in [0.1, 0.15) is 32.6 Å². The summed E-state index contributed by atoms with van der Waals surface area (Å²) < 4.78 is 28.4. The van der Waals surface area contributed by atoms with E-state index < -0.39 is 28.4 Å². The summed E-state index contributed by atoms with van der Waals surface area (Å²) in [6, 6.07) is 52.6. The van der Waals surface area contributed by atoms with Crippen molar-refractivity contribution in [1.29, 1.82) is 0 Å². The number of allylic oxidation sites excluding steroid dienone is 3. The zero-order valence-corrected chi connectivity index (χ0v) is 33.9. The Kier molecular flexibility index (Phi) is 9.95. The van der Waals surface area contributed by atoms with Gasteiger partial charge in [-0.2, -0.15) is 0 Å². The molecule has 6 atom stereocenters. The Labute approximate surface area is 338 Å². The molecule has 0 saturated heterocycles. The van der Waals surface area contributed by atoms with Crippen molar-refractivity contribution in [2.24, 2.45) is 23.7 Å². The molecule has 6 heteroatoms. The van der Waals surface area contributed by atoms with Gasteiger partial charge in [-0.25, -0.2) is 0 Å². The summed E-state index contributed by atoms with van der Waals surface area (Å²) in [4.78, 5) is 0. The number of benzene rings is 6. The van der Waals surface area contributed by atoms with Crippen LogP contribution < -0.4 is 50.8 Å². The Morgan fingerprint density at radius 1 is 0.509 bits per heavy atom. The molecule has 0 amide bonds. The quantitative estimate of drug-likeness (QED) is 0.108. The van der Waals surface area contributed by atoms with Crippen molar-refractivity contribution in [3.05, 3.63) is 170 Å². The topological polar surface area (TPSA) is 36.9 Å². The molecule has 4 nitrogen and oxygen atoms in total. The maximum atomic E-state index is 7.26. The van der Waals surface area contributed by atoms with Crippen LogP contribution in [0, 0.1) is 23.7 Å². The first-order chi connectivity index (χ1) is 28.2. The first-order valence-corrected chi connectivity index (χ1v) is 23.0. The summed E-state index contributed by atoms with van der Waals surface area (Å²) in [5.74, 6) is 4.51. The van der Waals surface area contributed by atoms with Gasteiger partial charge in [0.2, 0.25) is 12.6 Å². The van der Waals surface area contributed by atoms with Gasteiger partial charge in [0.1, 0.15) is 0 Å². The number of hydrogen-bond donors (Lipinski definition) is 0. The minimum Gasteiger partial charge on any atom is -0.451 e. The van der Waals surface area contributed by atoms with Crippen molar-refractivity contribution < 1.29 is 18.9 Å². The molecular weight excluding hydrogens is 739 g/mol. The molecule has 1 fully saturated rings. The van der Waals surface area contributed by atoms with Crippen molar-refractivity contribution in [3.63, 3.8) is 0 Å². The van der Waals surface area contributed by atoms with E-state index in [9.17, 15) is 0 Å². The monoisotopic (exact) mass is 784 g/mol. The molecule has 5 unspecified atom stereocenters. The molecule has 6 aromatic rings. The number of ether oxygens (including phenoxy) is 4. The highest BCUT2D eigenvalue weighted by Crippen LogP contribution is 2.57. The third kappa shape index (κ3) is 6.68. The highest BCUT2D eigenvalue weighted by molar-refractivity contribution is 7.80. The largest absolute Gasteiger partial charge is 0.451 e. The van der Waals surface area contributed by atoms with Crippen LogP contribution in [0.4, 0.5) is 0 Å². The molecule has 1 aliphatic carbocycles. The summed E-state index contributed by atoms with van der Waals surface area (Å²) in [6.45, 7) is 6.53. The third-order valence-electron chi connectivity index (χ3n) is 12.0. The molecule has 284 valence electrons. The van der Waals surface area contributed by atoms with E-state index in [2.05, 4.69) is 177 Å². The molecule has 10 rings (SSSR count). The van der Waals surface area contributed by atoms with Crippen LogP contribution in [0.25, 0.3) is 11.1 Å². The summed E-state index contributed by atoms with van der Waals surface area (Å²) in [5.41, 5.74) is 2.08. The fourth-order valence-corrected chi connectivity index (χ4v) is 14.5. The smallest absolute Gasteiger partial charge is 0.241 e. The zero-order chi connectivity index (χ0) is 38.3. The molecule has 57 heavy (non-hydrogen) atoms. The second-order valence-electron chi connectivity index (χ2n) is 15.4. The van der Waals surface area contributed by atoms with Crippen LogP contribution in [0.3, 0.4) is 0 Å². The van der Waals surface area contributed by atoms with E-state index in [1.54, 1.807) is 0 Å². The van der Waals surface area contributed by atoms with Gasteiger partial charge in [-0.3, -0.25) is 0 Å². The highest BCUT2D eigenvalue weighted by atomic mass is 31.1. The van der Waals surface area contributed by atoms with Crippen LogP contribution in [-0.2, 0) is 0 Å². The average Bonchev–Trinajstić information content (AvgIpc) is 3.96. The van der Waals surface area contributed by atoms with Crippen LogP contribution >= 0.6 is 15.8 Å². The maximum Gasteiger partial charge on any atom is 0.241 e. The van der Waals surface area contributed by atoms with Crippen molar-refractivity contribution in [1.82, 2.24) is 0 Å².